The van der Waals surface area contributed by atoms with E-state index in [1.807, 2.05) is 29.2 Å². The number of urea groups is 1. The van der Waals surface area contributed by atoms with E-state index in [1.54, 1.807) is 6.26 Å². The van der Waals surface area contributed by atoms with Crippen LogP contribution in [0.2, 0.25) is 0 Å². The van der Waals surface area contributed by atoms with Crippen LogP contribution in [0.4, 0.5) is 4.79 Å². The van der Waals surface area contributed by atoms with Crippen molar-refractivity contribution in [3.63, 3.8) is 0 Å². The summed E-state index contributed by atoms with van der Waals surface area (Å²) in [5, 5.41) is 2.98. The number of carbonyl (C=O) groups is 1. The Balaban J connectivity index is 1.45. The van der Waals surface area contributed by atoms with Gasteiger partial charge in [0.25, 0.3) is 0 Å². The zero-order chi connectivity index (χ0) is 17.6. The van der Waals surface area contributed by atoms with Gasteiger partial charge in [-0.05, 0) is 25.6 Å². The molecule has 0 saturated carbocycles. The van der Waals surface area contributed by atoms with Crippen LogP contribution in [-0.4, -0.2) is 60.1 Å². The molecule has 0 bridgehead atoms. The lowest BCUT2D eigenvalue weighted by Gasteiger charge is -2.33. The molecule has 134 valence electrons. The summed E-state index contributed by atoms with van der Waals surface area (Å²) in [5.41, 5.74) is 3.03. The highest BCUT2D eigenvalue weighted by Gasteiger charge is 2.19. The van der Waals surface area contributed by atoms with Gasteiger partial charge in [0.15, 0.2) is 0 Å². The number of benzene rings is 1. The fourth-order valence-corrected chi connectivity index (χ4v) is 2.93. The fourth-order valence-electron chi connectivity index (χ4n) is 2.93. The first kappa shape index (κ1) is 17.5. The molecule has 0 atom stereocenters. The van der Waals surface area contributed by atoms with Crippen LogP contribution < -0.4 is 5.32 Å². The average Bonchev–Trinajstić information content (AvgIpc) is 3.11. The molecule has 1 aromatic heterocycles. The topological polar surface area (TPSA) is 61.6 Å². The number of oxazole rings is 1. The van der Waals surface area contributed by atoms with Crippen molar-refractivity contribution in [1.82, 2.24) is 20.1 Å². The number of hydrogen-bond acceptors (Lipinski definition) is 4. The molecule has 0 radical (unpaired) electrons. The summed E-state index contributed by atoms with van der Waals surface area (Å²) < 4.78 is 5.55. The van der Waals surface area contributed by atoms with Gasteiger partial charge < -0.3 is 19.5 Å². The maximum atomic E-state index is 12.2. The molecule has 1 aromatic carbocycles. The van der Waals surface area contributed by atoms with Crippen LogP contribution in [0.25, 0.3) is 11.5 Å². The zero-order valence-corrected chi connectivity index (χ0v) is 15.0. The number of hydrogen-bond donors (Lipinski definition) is 1. The Morgan fingerprint density at radius 3 is 2.60 bits per heavy atom. The second kappa shape index (κ2) is 8.16. The largest absolute Gasteiger partial charge is 0.444 e. The van der Waals surface area contributed by atoms with E-state index in [9.17, 15) is 4.79 Å². The molecule has 25 heavy (non-hydrogen) atoms. The van der Waals surface area contributed by atoms with E-state index in [-0.39, 0.29) is 6.03 Å². The number of amides is 2. The zero-order valence-electron chi connectivity index (χ0n) is 15.0. The van der Waals surface area contributed by atoms with E-state index in [0.717, 1.165) is 44.0 Å². The van der Waals surface area contributed by atoms with Crippen molar-refractivity contribution < 1.29 is 9.21 Å². The molecule has 3 rings (SSSR count). The first-order valence-electron chi connectivity index (χ1n) is 8.92. The van der Waals surface area contributed by atoms with Crippen LogP contribution in [0.15, 0.2) is 34.9 Å². The predicted octanol–water partition coefficient (Wildman–Crippen LogP) is 2.54. The average molecular weight is 342 g/mol. The second-order valence-corrected chi connectivity index (χ2v) is 6.41. The Bertz CT molecular complexity index is 688. The molecule has 1 N–H and O–H groups in total. The monoisotopic (exact) mass is 342 g/mol. The highest BCUT2D eigenvalue weighted by Crippen LogP contribution is 2.19. The van der Waals surface area contributed by atoms with E-state index in [2.05, 4.69) is 29.0 Å². The Morgan fingerprint density at radius 1 is 1.20 bits per heavy atom. The van der Waals surface area contributed by atoms with Crippen molar-refractivity contribution in [2.24, 2.45) is 0 Å². The van der Waals surface area contributed by atoms with Gasteiger partial charge in [0, 0.05) is 44.7 Å². The summed E-state index contributed by atoms with van der Waals surface area (Å²) in [4.78, 5) is 20.9. The molecule has 1 saturated heterocycles. The third kappa shape index (κ3) is 4.60. The smallest absolute Gasteiger partial charge is 0.317 e. The molecule has 0 unspecified atom stereocenters. The molecular formula is C19H26N4O2. The minimum absolute atomic E-state index is 0.0120. The number of aromatic nitrogens is 1. The molecule has 1 fully saturated rings. The van der Waals surface area contributed by atoms with Gasteiger partial charge in [-0.3, -0.25) is 0 Å². The van der Waals surface area contributed by atoms with Crippen LogP contribution in [-0.2, 0) is 6.42 Å². The fraction of sp³-hybridized carbons (Fsp3) is 0.474. The predicted molar refractivity (Wildman–Crippen MR) is 97.5 cm³/mol. The first-order valence-corrected chi connectivity index (χ1v) is 8.92. The number of piperazine rings is 1. The molecule has 2 heterocycles. The molecule has 6 nitrogen and oxygen atoms in total. The maximum Gasteiger partial charge on any atom is 0.317 e. The normalized spacial score (nSPS) is 15.4. The highest BCUT2D eigenvalue weighted by molar-refractivity contribution is 5.74. The molecule has 2 aromatic rings. The van der Waals surface area contributed by atoms with Crippen LogP contribution in [0.5, 0.6) is 0 Å². The van der Waals surface area contributed by atoms with Gasteiger partial charge in [-0.1, -0.05) is 24.6 Å². The summed E-state index contributed by atoms with van der Waals surface area (Å²) in [6, 6.07) is 8.10. The number of likely N-dealkylation sites (N-methyl/N-ethyl adjacent to an activating group) is 1. The van der Waals surface area contributed by atoms with Gasteiger partial charge in [-0.15, -0.1) is 0 Å². The second-order valence-electron chi connectivity index (χ2n) is 6.41. The van der Waals surface area contributed by atoms with Crippen molar-refractivity contribution >= 4 is 6.03 Å². The standard InChI is InChI=1S/C19H26N4O2/c1-3-22-10-12-23(13-11-22)19(24)20-9-8-17-14-25-18(21-17)16-6-4-15(2)5-7-16/h4-7,14H,3,8-13H2,1-2H3,(H,20,24). The molecule has 6 heteroatoms. The molecular weight excluding hydrogens is 316 g/mol. The summed E-state index contributed by atoms with van der Waals surface area (Å²) in [5.74, 6) is 0.622. The van der Waals surface area contributed by atoms with Gasteiger partial charge in [-0.2, -0.15) is 0 Å². The maximum absolute atomic E-state index is 12.2. The van der Waals surface area contributed by atoms with Gasteiger partial charge in [0.05, 0.1) is 5.69 Å². The van der Waals surface area contributed by atoms with Crippen molar-refractivity contribution in [2.75, 3.05) is 39.3 Å². The first-order chi connectivity index (χ1) is 12.2. The Labute approximate surface area is 148 Å². The third-order valence-corrected chi connectivity index (χ3v) is 4.61. The van der Waals surface area contributed by atoms with Crippen LogP contribution >= 0.6 is 0 Å². The quantitative estimate of drug-likeness (QED) is 0.907. The highest BCUT2D eigenvalue weighted by atomic mass is 16.3. The van der Waals surface area contributed by atoms with Crippen molar-refractivity contribution in [3.05, 3.63) is 41.8 Å². The summed E-state index contributed by atoms with van der Waals surface area (Å²) in [6.45, 7) is 9.30. The minimum Gasteiger partial charge on any atom is -0.444 e. The summed E-state index contributed by atoms with van der Waals surface area (Å²) in [6.07, 6.45) is 2.33. The van der Waals surface area contributed by atoms with Gasteiger partial charge >= 0.3 is 6.03 Å². The molecule has 2 amide bonds. The van der Waals surface area contributed by atoms with Gasteiger partial charge in [0.1, 0.15) is 6.26 Å². The minimum atomic E-state index is 0.0120. The number of carbonyl (C=O) groups excluding carboxylic acids is 1. The van der Waals surface area contributed by atoms with Gasteiger partial charge in [0.2, 0.25) is 5.89 Å². The lowest BCUT2D eigenvalue weighted by molar-refractivity contribution is 0.143. The number of nitrogens with zero attached hydrogens (tertiary/aromatic N) is 3. The van der Waals surface area contributed by atoms with E-state index in [4.69, 9.17) is 4.42 Å². The number of nitrogens with one attached hydrogen (secondary N) is 1. The Hall–Kier alpha value is -2.34. The lowest BCUT2D eigenvalue weighted by atomic mass is 10.1. The molecule has 1 aliphatic rings. The van der Waals surface area contributed by atoms with E-state index in [1.165, 1.54) is 5.56 Å². The number of rotatable bonds is 5. The molecule has 1 aliphatic heterocycles. The lowest BCUT2D eigenvalue weighted by Crippen LogP contribution is -2.51. The van der Waals surface area contributed by atoms with Crippen LogP contribution in [0.3, 0.4) is 0 Å². The Morgan fingerprint density at radius 2 is 1.92 bits per heavy atom. The van der Waals surface area contributed by atoms with E-state index in [0.29, 0.717) is 18.9 Å². The van der Waals surface area contributed by atoms with Crippen molar-refractivity contribution in [3.8, 4) is 11.5 Å². The molecule has 0 aliphatic carbocycles. The third-order valence-electron chi connectivity index (χ3n) is 4.61. The molecule has 0 spiro atoms. The number of aryl methyl sites for hydroxylation is 1. The summed E-state index contributed by atoms with van der Waals surface area (Å²) >= 11 is 0. The van der Waals surface area contributed by atoms with Crippen molar-refractivity contribution in [2.45, 2.75) is 20.3 Å². The van der Waals surface area contributed by atoms with E-state index < -0.39 is 0 Å². The SMILES string of the molecule is CCN1CCN(C(=O)NCCc2coc(-c3ccc(C)cc3)n2)CC1. The van der Waals surface area contributed by atoms with Crippen LogP contribution in [0, 0.1) is 6.92 Å². The van der Waals surface area contributed by atoms with Gasteiger partial charge in [-0.25, -0.2) is 9.78 Å². The Kier molecular flexibility index (Phi) is 5.71. The van der Waals surface area contributed by atoms with Crippen LogP contribution in [0.1, 0.15) is 18.2 Å². The van der Waals surface area contributed by atoms with Crippen molar-refractivity contribution in [1.29, 1.82) is 0 Å². The summed E-state index contributed by atoms with van der Waals surface area (Å²) in [7, 11) is 0. The van der Waals surface area contributed by atoms with E-state index >= 15 is 0 Å².